The Morgan fingerprint density at radius 2 is 1.86 bits per heavy atom. The summed E-state index contributed by atoms with van der Waals surface area (Å²) in [5.41, 5.74) is 4.85. The zero-order chi connectivity index (χ0) is 4.99. The van der Waals surface area contributed by atoms with Crippen molar-refractivity contribution in [2.45, 2.75) is 0 Å². The van der Waals surface area contributed by atoms with Crippen molar-refractivity contribution in [2.75, 3.05) is 12.3 Å². The van der Waals surface area contributed by atoms with Crippen LogP contribution in [0.1, 0.15) is 0 Å². The van der Waals surface area contributed by atoms with Gasteiger partial charge in [0.1, 0.15) is 10.7 Å². The molecule has 0 unspecified atom stereocenters. The molecule has 0 aliphatic rings. The Morgan fingerprint density at radius 3 is 1.86 bits per heavy atom. The predicted octanol–water partition coefficient (Wildman–Crippen LogP) is -1.82. The minimum absolute atomic E-state index is 0. The van der Waals surface area contributed by atoms with Gasteiger partial charge in [-0.2, -0.15) is 0 Å². The Kier molecular flexibility index (Phi) is 10.7. The molecule has 0 heterocycles. The van der Waals surface area contributed by atoms with Crippen LogP contribution in [0.2, 0.25) is 0 Å². The van der Waals surface area contributed by atoms with Gasteiger partial charge in [0.05, 0.1) is 5.75 Å². The van der Waals surface area contributed by atoms with E-state index in [1.807, 2.05) is 0 Å². The fraction of sp³-hybridized carbons (Fsp3) is 1.00. The molecule has 5 heteroatoms. The summed E-state index contributed by atoms with van der Waals surface area (Å²) in [6, 6.07) is 0. The van der Waals surface area contributed by atoms with E-state index in [0.717, 1.165) is 0 Å². The average molecular weight is 132 g/mol. The van der Waals surface area contributed by atoms with Crippen LogP contribution >= 0.6 is 0 Å². The molecule has 0 rings (SSSR count). The number of thiol groups is 1. The first-order chi connectivity index (χ1) is 2.77. The maximum Gasteiger partial charge on any atom is 0.141 e. The summed E-state index contributed by atoms with van der Waals surface area (Å²) in [4.78, 5) is 0. The van der Waals surface area contributed by atoms with Gasteiger partial charge in [-0.1, -0.05) is 0 Å². The van der Waals surface area contributed by atoms with Gasteiger partial charge < -0.3 is 5.73 Å². The second kappa shape index (κ2) is 6.91. The smallest absolute Gasteiger partial charge is 0.141 e. The number of nitrogens with two attached hydrogens (primary N) is 1. The van der Waals surface area contributed by atoms with Crippen LogP contribution in [-0.2, 0) is 10.7 Å². The maximum atomic E-state index is 9.56. The van der Waals surface area contributed by atoms with Crippen molar-refractivity contribution in [3.05, 3.63) is 0 Å². The van der Waals surface area contributed by atoms with E-state index < -0.39 is 10.7 Å². The van der Waals surface area contributed by atoms with Gasteiger partial charge >= 0.3 is 0 Å². The van der Waals surface area contributed by atoms with Crippen molar-refractivity contribution in [3.8, 4) is 0 Å². The van der Waals surface area contributed by atoms with Gasteiger partial charge in [-0.3, -0.25) is 0 Å². The molecule has 0 aromatic rings. The summed E-state index contributed by atoms with van der Waals surface area (Å²) >= 11 is 0. The molecule has 0 aromatic heterocycles. The van der Waals surface area contributed by atoms with E-state index in [9.17, 15) is 8.42 Å². The number of hydrogen-bond donors (Lipinski definition) is 2. The van der Waals surface area contributed by atoms with Gasteiger partial charge in [0, 0.05) is 36.1 Å². The summed E-state index contributed by atoms with van der Waals surface area (Å²) in [5.74, 6) is 0.106. The van der Waals surface area contributed by atoms with Crippen LogP contribution in [0.5, 0.6) is 0 Å². The van der Waals surface area contributed by atoms with Gasteiger partial charge in [-0.25, -0.2) is 8.42 Å². The van der Waals surface area contributed by atoms with E-state index in [1.54, 1.807) is 0 Å². The molecule has 0 saturated heterocycles. The van der Waals surface area contributed by atoms with Crippen molar-refractivity contribution in [2.24, 2.45) is 5.73 Å². The topological polar surface area (TPSA) is 60.2 Å². The molecule has 2 N–H and O–H groups in total. The van der Waals surface area contributed by atoms with Gasteiger partial charge in [-0.15, -0.1) is 0 Å². The van der Waals surface area contributed by atoms with E-state index in [2.05, 4.69) is 0 Å². The SMILES string of the molecule is NCC[SH](=O)=O.[Na]. The molecule has 0 spiro atoms. The minimum atomic E-state index is -2.23. The predicted molar refractivity (Wildman–Crippen MR) is 30.0 cm³/mol. The Balaban J connectivity index is 0. The monoisotopic (exact) mass is 132 g/mol. The van der Waals surface area contributed by atoms with Crippen LogP contribution in [-0.4, -0.2) is 50.3 Å². The van der Waals surface area contributed by atoms with Crippen LogP contribution in [0.3, 0.4) is 0 Å². The fourth-order valence-corrected chi connectivity index (χ4v) is 0.316. The molecule has 0 saturated carbocycles. The van der Waals surface area contributed by atoms with Crippen LogP contribution in [0.25, 0.3) is 0 Å². The molecule has 0 aromatic carbocycles. The Hall–Kier alpha value is 0.910. The first kappa shape index (κ1) is 10.8. The van der Waals surface area contributed by atoms with Crippen LogP contribution in [0.4, 0.5) is 0 Å². The second-order valence-corrected chi connectivity index (χ2v) is 1.96. The standard InChI is InChI=1S/C2H7NO2S.Na/c3-1-2-6(4)5;/h6H,1-3H2;. The summed E-state index contributed by atoms with van der Waals surface area (Å²) in [6.45, 7) is 0.235. The van der Waals surface area contributed by atoms with E-state index in [4.69, 9.17) is 5.73 Å². The summed E-state index contributed by atoms with van der Waals surface area (Å²) in [7, 11) is -2.23. The van der Waals surface area contributed by atoms with Gasteiger partial charge in [0.2, 0.25) is 0 Å². The molecule has 0 bridgehead atoms. The third-order valence-electron chi connectivity index (χ3n) is 0.312. The van der Waals surface area contributed by atoms with Crippen molar-refractivity contribution in [3.63, 3.8) is 0 Å². The zero-order valence-corrected chi connectivity index (χ0v) is 7.15. The van der Waals surface area contributed by atoms with E-state index in [1.165, 1.54) is 0 Å². The number of rotatable bonds is 2. The maximum absolute atomic E-state index is 9.56. The molecule has 0 fully saturated rings. The number of hydrogen-bond acceptors (Lipinski definition) is 3. The molecule has 0 atom stereocenters. The first-order valence-electron chi connectivity index (χ1n) is 1.59. The third kappa shape index (κ3) is 10.9. The molecule has 3 nitrogen and oxygen atoms in total. The minimum Gasteiger partial charge on any atom is -0.329 e. The summed E-state index contributed by atoms with van der Waals surface area (Å²) in [5, 5.41) is 0. The molecular formula is C2H7NNaO2S. The van der Waals surface area contributed by atoms with E-state index in [-0.39, 0.29) is 41.9 Å². The summed E-state index contributed by atoms with van der Waals surface area (Å²) in [6.07, 6.45) is 0. The Bertz CT molecular complexity index is 83.7. The summed E-state index contributed by atoms with van der Waals surface area (Å²) < 4.78 is 19.1. The molecule has 0 aliphatic carbocycles. The Labute approximate surface area is 66.5 Å². The average Bonchev–Trinajstić information content (AvgIpc) is 1.35. The molecule has 39 valence electrons. The molecule has 7 heavy (non-hydrogen) atoms. The van der Waals surface area contributed by atoms with Crippen LogP contribution < -0.4 is 5.73 Å². The van der Waals surface area contributed by atoms with Gasteiger partial charge in [-0.05, 0) is 0 Å². The van der Waals surface area contributed by atoms with Gasteiger partial charge in [0.25, 0.3) is 0 Å². The zero-order valence-electron chi connectivity index (χ0n) is 4.26. The van der Waals surface area contributed by atoms with Gasteiger partial charge in [0.15, 0.2) is 0 Å². The molecule has 1 radical (unpaired) electrons. The third-order valence-corrected chi connectivity index (χ3v) is 0.935. The Morgan fingerprint density at radius 1 is 1.43 bits per heavy atom. The van der Waals surface area contributed by atoms with Crippen molar-refractivity contribution >= 4 is 40.3 Å². The van der Waals surface area contributed by atoms with Crippen LogP contribution in [0, 0.1) is 0 Å². The molecular weight excluding hydrogens is 125 g/mol. The van der Waals surface area contributed by atoms with Crippen molar-refractivity contribution in [1.29, 1.82) is 0 Å². The van der Waals surface area contributed by atoms with Crippen molar-refractivity contribution in [1.82, 2.24) is 0 Å². The van der Waals surface area contributed by atoms with E-state index >= 15 is 0 Å². The van der Waals surface area contributed by atoms with E-state index in [0.29, 0.717) is 0 Å². The van der Waals surface area contributed by atoms with Crippen LogP contribution in [0.15, 0.2) is 0 Å². The largest absolute Gasteiger partial charge is 0.329 e. The normalized spacial score (nSPS) is 8.29. The van der Waals surface area contributed by atoms with Crippen molar-refractivity contribution < 1.29 is 8.42 Å². The first-order valence-corrected chi connectivity index (χ1v) is 2.95. The second-order valence-electron chi connectivity index (χ2n) is 0.845. The fourth-order valence-electron chi connectivity index (χ4n) is 0.105. The molecule has 0 aliphatic heterocycles. The quantitative estimate of drug-likeness (QED) is 0.343. The molecule has 0 amide bonds.